The highest BCUT2D eigenvalue weighted by Crippen LogP contribution is 2.61. The number of hydrogen-bond acceptors (Lipinski definition) is 2. The molecule has 0 aliphatic heterocycles. The number of aliphatic hydroxyl groups is 1. The minimum atomic E-state index is 0.230. The monoisotopic (exact) mass is 246 g/mol. The van der Waals surface area contributed by atoms with Gasteiger partial charge in [0.1, 0.15) is 5.75 Å². The Balaban J connectivity index is 1.41. The molecular formula is C16H22O2. The van der Waals surface area contributed by atoms with Gasteiger partial charge in [-0.1, -0.05) is 18.2 Å². The number of rotatable bonds is 6. The van der Waals surface area contributed by atoms with Gasteiger partial charge in [-0.3, -0.25) is 0 Å². The fraction of sp³-hybridized carbons (Fsp3) is 0.625. The summed E-state index contributed by atoms with van der Waals surface area (Å²) in [7, 11) is 0. The van der Waals surface area contributed by atoms with Crippen molar-refractivity contribution < 1.29 is 9.84 Å². The van der Waals surface area contributed by atoms with Crippen LogP contribution in [0.3, 0.4) is 0 Å². The van der Waals surface area contributed by atoms with E-state index in [1.165, 1.54) is 19.3 Å². The largest absolute Gasteiger partial charge is 0.494 e. The highest BCUT2D eigenvalue weighted by Gasteiger charge is 2.52. The Kier molecular flexibility index (Phi) is 3.29. The number of ether oxygens (including phenoxy) is 1. The number of benzene rings is 1. The second kappa shape index (κ2) is 4.93. The quantitative estimate of drug-likeness (QED) is 0.781. The summed E-state index contributed by atoms with van der Waals surface area (Å²) < 4.78 is 5.71. The van der Waals surface area contributed by atoms with Crippen LogP contribution in [0.25, 0.3) is 0 Å². The fourth-order valence-corrected chi connectivity index (χ4v) is 3.57. The topological polar surface area (TPSA) is 29.5 Å². The Hall–Kier alpha value is -1.02. The minimum absolute atomic E-state index is 0.230. The molecule has 2 saturated carbocycles. The third-order valence-electron chi connectivity index (χ3n) is 4.66. The van der Waals surface area contributed by atoms with Gasteiger partial charge in [-0.15, -0.1) is 0 Å². The molecule has 1 aromatic rings. The standard InChI is InChI=1S/C16H22O2/c17-12-16(10-13-9-14(13)11-16)7-4-8-18-15-5-2-1-3-6-15/h1-3,5-6,13-14,17H,4,7-12H2. The van der Waals surface area contributed by atoms with Crippen LogP contribution in [-0.4, -0.2) is 18.3 Å². The summed E-state index contributed by atoms with van der Waals surface area (Å²) in [5, 5.41) is 9.63. The van der Waals surface area contributed by atoms with Gasteiger partial charge in [0.2, 0.25) is 0 Å². The molecule has 0 saturated heterocycles. The average molecular weight is 246 g/mol. The van der Waals surface area contributed by atoms with Crippen LogP contribution in [0.15, 0.2) is 30.3 Å². The van der Waals surface area contributed by atoms with Crippen LogP contribution >= 0.6 is 0 Å². The summed E-state index contributed by atoms with van der Waals surface area (Å²) in [6.45, 7) is 1.13. The molecule has 2 nitrogen and oxygen atoms in total. The zero-order valence-electron chi connectivity index (χ0n) is 10.8. The van der Waals surface area contributed by atoms with Crippen LogP contribution in [0.2, 0.25) is 0 Å². The minimum Gasteiger partial charge on any atom is -0.494 e. The van der Waals surface area contributed by atoms with Crippen LogP contribution < -0.4 is 4.74 Å². The molecule has 0 spiro atoms. The third kappa shape index (κ3) is 2.54. The Bertz CT molecular complexity index is 377. The van der Waals surface area contributed by atoms with Crippen molar-refractivity contribution in [2.75, 3.05) is 13.2 Å². The van der Waals surface area contributed by atoms with Crippen LogP contribution in [0.1, 0.15) is 32.1 Å². The summed E-state index contributed by atoms with van der Waals surface area (Å²) in [6, 6.07) is 9.97. The highest BCUT2D eigenvalue weighted by atomic mass is 16.5. The first kappa shape index (κ1) is 12.0. The number of para-hydroxylation sites is 1. The SMILES string of the molecule is OCC1(CCCOc2ccccc2)CC2CC2C1. The number of fused-ring (bicyclic) bond motifs is 1. The van der Waals surface area contributed by atoms with Gasteiger partial charge in [0.05, 0.1) is 6.61 Å². The van der Waals surface area contributed by atoms with Crippen molar-refractivity contribution in [2.45, 2.75) is 32.1 Å². The van der Waals surface area contributed by atoms with Crippen LogP contribution in [-0.2, 0) is 0 Å². The maximum absolute atomic E-state index is 9.63. The lowest BCUT2D eigenvalue weighted by Gasteiger charge is -2.28. The molecule has 2 atom stereocenters. The van der Waals surface area contributed by atoms with Gasteiger partial charge in [0.25, 0.3) is 0 Å². The first-order chi connectivity index (χ1) is 8.81. The van der Waals surface area contributed by atoms with Crippen LogP contribution in [0, 0.1) is 17.3 Å². The molecule has 3 rings (SSSR count). The predicted octanol–water partition coefficient (Wildman–Crippen LogP) is 3.25. The van der Waals surface area contributed by atoms with Gasteiger partial charge in [0, 0.05) is 6.61 Å². The van der Waals surface area contributed by atoms with E-state index in [1.807, 2.05) is 30.3 Å². The molecule has 0 aromatic heterocycles. The first-order valence-electron chi connectivity index (χ1n) is 7.10. The van der Waals surface area contributed by atoms with Crippen molar-refractivity contribution in [2.24, 2.45) is 17.3 Å². The van der Waals surface area contributed by atoms with E-state index in [4.69, 9.17) is 4.74 Å². The molecule has 1 aromatic carbocycles. The average Bonchev–Trinajstić information content (AvgIpc) is 3.04. The molecule has 18 heavy (non-hydrogen) atoms. The van der Waals surface area contributed by atoms with E-state index in [9.17, 15) is 5.11 Å². The van der Waals surface area contributed by atoms with Gasteiger partial charge in [0.15, 0.2) is 0 Å². The smallest absolute Gasteiger partial charge is 0.119 e. The summed E-state index contributed by atoms with van der Waals surface area (Å²) >= 11 is 0. The van der Waals surface area contributed by atoms with Crippen molar-refractivity contribution in [3.05, 3.63) is 30.3 Å². The van der Waals surface area contributed by atoms with Gasteiger partial charge >= 0.3 is 0 Å². The zero-order chi connectivity index (χ0) is 12.4. The molecule has 0 amide bonds. The molecule has 98 valence electrons. The van der Waals surface area contributed by atoms with E-state index in [2.05, 4.69) is 0 Å². The van der Waals surface area contributed by atoms with Gasteiger partial charge in [-0.05, 0) is 61.5 Å². The van der Waals surface area contributed by atoms with Gasteiger partial charge < -0.3 is 9.84 Å². The van der Waals surface area contributed by atoms with Gasteiger partial charge in [-0.25, -0.2) is 0 Å². The van der Waals surface area contributed by atoms with E-state index in [1.54, 1.807) is 0 Å². The van der Waals surface area contributed by atoms with Crippen molar-refractivity contribution in [1.29, 1.82) is 0 Å². The number of hydrogen-bond donors (Lipinski definition) is 1. The summed E-state index contributed by atoms with van der Waals surface area (Å²) in [4.78, 5) is 0. The summed E-state index contributed by atoms with van der Waals surface area (Å²) in [5.74, 6) is 2.82. The number of aliphatic hydroxyl groups excluding tert-OH is 1. The van der Waals surface area contributed by atoms with Crippen LogP contribution in [0.5, 0.6) is 5.75 Å². The van der Waals surface area contributed by atoms with E-state index < -0.39 is 0 Å². The highest BCUT2D eigenvalue weighted by molar-refractivity contribution is 5.20. The van der Waals surface area contributed by atoms with Crippen molar-refractivity contribution >= 4 is 0 Å². The Morgan fingerprint density at radius 3 is 2.56 bits per heavy atom. The van der Waals surface area contributed by atoms with Crippen molar-refractivity contribution in [3.63, 3.8) is 0 Å². The molecule has 0 bridgehead atoms. The molecule has 0 heterocycles. The lowest BCUT2D eigenvalue weighted by atomic mass is 9.80. The van der Waals surface area contributed by atoms with E-state index in [-0.39, 0.29) is 5.41 Å². The van der Waals surface area contributed by atoms with E-state index in [0.717, 1.165) is 37.0 Å². The molecule has 0 radical (unpaired) electrons. The first-order valence-corrected chi connectivity index (χ1v) is 7.10. The molecule has 2 aliphatic rings. The molecular weight excluding hydrogens is 224 g/mol. The normalized spacial score (nSPS) is 33.2. The Morgan fingerprint density at radius 2 is 1.89 bits per heavy atom. The zero-order valence-corrected chi connectivity index (χ0v) is 10.8. The molecule has 2 unspecified atom stereocenters. The third-order valence-corrected chi connectivity index (χ3v) is 4.66. The van der Waals surface area contributed by atoms with Crippen LogP contribution in [0.4, 0.5) is 0 Å². The van der Waals surface area contributed by atoms with E-state index in [0.29, 0.717) is 6.61 Å². The van der Waals surface area contributed by atoms with Gasteiger partial charge in [-0.2, -0.15) is 0 Å². The summed E-state index contributed by atoms with van der Waals surface area (Å²) in [5.41, 5.74) is 0.230. The van der Waals surface area contributed by atoms with Crippen molar-refractivity contribution in [3.8, 4) is 5.75 Å². The second-order valence-electron chi connectivity index (χ2n) is 6.09. The maximum Gasteiger partial charge on any atom is 0.119 e. The van der Waals surface area contributed by atoms with E-state index >= 15 is 0 Å². The molecule has 2 fully saturated rings. The Labute approximate surface area is 109 Å². The van der Waals surface area contributed by atoms with Crippen molar-refractivity contribution in [1.82, 2.24) is 0 Å². The fourth-order valence-electron chi connectivity index (χ4n) is 3.57. The predicted molar refractivity (Wildman–Crippen MR) is 71.5 cm³/mol. The second-order valence-corrected chi connectivity index (χ2v) is 6.09. The molecule has 2 heteroatoms. The molecule has 1 N–H and O–H groups in total. The molecule has 2 aliphatic carbocycles. The lowest BCUT2D eigenvalue weighted by Crippen LogP contribution is -2.24. The summed E-state index contributed by atoms with van der Waals surface area (Å²) in [6.07, 6.45) is 6.08. The lowest BCUT2D eigenvalue weighted by molar-refractivity contribution is 0.0995. The Morgan fingerprint density at radius 1 is 1.17 bits per heavy atom. The maximum atomic E-state index is 9.63.